The Morgan fingerprint density at radius 3 is 2.55 bits per heavy atom. The highest BCUT2D eigenvalue weighted by atomic mass is 35.5. The number of hydrogen-bond donors (Lipinski definition) is 1. The lowest BCUT2D eigenvalue weighted by Gasteiger charge is -2.37. The summed E-state index contributed by atoms with van der Waals surface area (Å²) in [5.41, 5.74) is 2.54. The zero-order chi connectivity index (χ0) is 15.0. The van der Waals surface area contributed by atoms with Crippen molar-refractivity contribution in [3.63, 3.8) is 0 Å². The number of nitrogens with zero attached hydrogens (tertiary/aromatic N) is 1. The number of hydrogen-bond acceptors (Lipinski definition) is 3. The van der Waals surface area contributed by atoms with Gasteiger partial charge in [0.1, 0.15) is 0 Å². The Kier molecular flexibility index (Phi) is 5.54. The predicted molar refractivity (Wildman–Crippen MR) is 91.2 cm³/mol. The van der Waals surface area contributed by atoms with Crippen molar-refractivity contribution < 1.29 is 8.42 Å². The molecule has 0 radical (unpaired) electrons. The number of benzene rings is 1. The summed E-state index contributed by atoms with van der Waals surface area (Å²) in [7, 11) is -3.38. The summed E-state index contributed by atoms with van der Waals surface area (Å²) in [6.45, 7) is 5.28. The third kappa shape index (κ3) is 3.18. The fraction of sp³-hybridized carbons (Fsp3) is 0.625. The summed E-state index contributed by atoms with van der Waals surface area (Å²) >= 11 is 0. The molecule has 0 saturated carbocycles. The van der Waals surface area contributed by atoms with Crippen molar-refractivity contribution >= 4 is 22.4 Å². The van der Waals surface area contributed by atoms with Gasteiger partial charge in [-0.1, -0.05) is 6.07 Å². The van der Waals surface area contributed by atoms with Crippen LogP contribution >= 0.6 is 12.4 Å². The highest BCUT2D eigenvalue weighted by molar-refractivity contribution is 7.89. The number of rotatable bonds is 2. The first kappa shape index (κ1) is 17.7. The van der Waals surface area contributed by atoms with Gasteiger partial charge in [0, 0.05) is 25.2 Å². The van der Waals surface area contributed by atoms with E-state index in [1.54, 1.807) is 10.4 Å². The standard InChI is InChI=1S/C16H24N2O2S.ClH/c1-12-13(2)18(10-9-17-12)21(19,20)16-8-7-14-5-3-4-6-15(14)11-16;/h7-8,11-13,17H,3-6,9-10H2,1-2H3;1H. The van der Waals surface area contributed by atoms with Gasteiger partial charge in [0.25, 0.3) is 0 Å². The number of halogens is 1. The number of fused-ring (bicyclic) bond motifs is 1. The molecule has 124 valence electrons. The van der Waals surface area contributed by atoms with Crippen molar-refractivity contribution in [3.8, 4) is 0 Å². The van der Waals surface area contributed by atoms with Crippen molar-refractivity contribution in [1.82, 2.24) is 9.62 Å². The first-order chi connectivity index (χ1) is 10.00. The molecular weight excluding hydrogens is 320 g/mol. The van der Waals surface area contributed by atoms with E-state index in [0.29, 0.717) is 11.4 Å². The van der Waals surface area contributed by atoms with Crippen LogP contribution in [-0.2, 0) is 22.9 Å². The Morgan fingerprint density at radius 1 is 1.14 bits per heavy atom. The minimum absolute atomic E-state index is 0. The second-order valence-electron chi connectivity index (χ2n) is 6.24. The van der Waals surface area contributed by atoms with Crippen LogP contribution in [-0.4, -0.2) is 37.9 Å². The molecule has 1 N–H and O–H groups in total. The second kappa shape index (κ2) is 6.87. The molecule has 0 aromatic heterocycles. The summed E-state index contributed by atoms with van der Waals surface area (Å²) in [6, 6.07) is 5.88. The molecule has 1 aromatic carbocycles. The van der Waals surface area contributed by atoms with Gasteiger partial charge < -0.3 is 5.32 Å². The van der Waals surface area contributed by atoms with Crippen molar-refractivity contribution in [2.75, 3.05) is 13.1 Å². The molecule has 0 bridgehead atoms. The Bertz CT molecular complexity index is 633. The molecule has 22 heavy (non-hydrogen) atoms. The normalized spacial score (nSPS) is 26.1. The first-order valence-corrected chi connectivity index (χ1v) is 9.31. The average Bonchev–Trinajstić information content (AvgIpc) is 2.49. The van der Waals surface area contributed by atoms with Gasteiger partial charge in [0.2, 0.25) is 10.0 Å². The molecule has 1 heterocycles. The maximum absolute atomic E-state index is 12.9. The molecule has 1 aliphatic carbocycles. The average molecular weight is 345 g/mol. The van der Waals surface area contributed by atoms with Crippen molar-refractivity contribution in [3.05, 3.63) is 29.3 Å². The molecule has 0 amide bonds. The molecule has 2 aliphatic rings. The molecule has 6 heteroatoms. The largest absolute Gasteiger partial charge is 0.311 e. The summed E-state index contributed by atoms with van der Waals surface area (Å²) in [4.78, 5) is 0.462. The van der Waals surface area contributed by atoms with E-state index < -0.39 is 10.0 Å². The van der Waals surface area contributed by atoms with Crippen LogP contribution in [0.25, 0.3) is 0 Å². The van der Waals surface area contributed by atoms with Crippen LogP contribution in [0.4, 0.5) is 0 Å². The molecule has 0 spiro atoms. The van der Waals surface area contributed by atoms with E-state index in [0.717, 1.165) is 25.8 Å². The molecule has 4 nitrogen and oxygen atoms in total. The van der Waals surface area contributed by atoms with E-state index in [1.807, 2.05) is 26.0 Å². The third-order valence-corrected chi connectivity index (χ3v) is 6.89. The lowest BCUT2D eigenvalue weighted by atomic mass is 9.92. The van der Waals surface area contributed by atoms with E-state index in [-0.39, 0.29) is 24.5 Å². The highest BCUT2D eigenvalue weighted by Crippen LogP contribution is 2.27. The Balaban J connectivity index is 0.00000176. The van der Waals surface area contributed by atoms with E-state index in [9.17, 15) is 8.42 Å². The van der Waals surface area contributed by atoms with E-state index in [2.05, 4.69) is 5.32 Å². The van der Waals surface area contributed by atoms with Gasteiger partial charge in [-0.3, -0.25) is 0 Å². The van der Waals surface area contributed by atoms with Crippen LogP contribution in [0, 0.1) is 0 Å². The Hall–Kier alpha value is -0.620. The van der Waals surface area contributed by atoms with Crippen LogP contribution in [0.15, 0.2) is 23.1 Å². The van der Waals surface area contributed by atoms with Gasteiger partial charge in [-0.05, 0) is 62.8 Å². The number of nitrogens with one attached hydrogen (secondary N) is 1. The first-order valence-electron chi connectivity index (χ1n) is 7.87. The van der Waals surface area contributed by atoms with E-state index in [1.165, 1.54) is 17.5 Å². The maximum atomic E-state index is 12.9. The van der Waals surface area contributed by atoms with Gasteiger partial charge in [-0.15, -0.1) is 12.4 Å². The number of aryl methyl sites for hydroxylation is 2. The summed E-state index contributed by atoms with van der Waals surface area (Å²) in [5, 5.41) is 3.33. The second-order valence-corrected chi connectivity index (χ2v) is 8.13. The topological polar surface area (TPSA) is 49.4 Å². The van der Waals surface area contributed by atoms with Gasteiger partial charge in [-0.25, -0.2) is 8.42 Å². The van der Waals surface area contributed by atoms with Gasteiger partial charge >= 0.3 is 0 Å². The monoisotopic (exact) mass is 344 g/mol. The van der Waals surface area contributed by atoms with Crippen LogP contribution in [0.5, 0.6) is 0 Å². The predicted octanol–water partition coefficient (Wildman–Crippen LogP) is 2.36. The SMILES string of the molecule is CC1NCCN(S(=O)(=O)c2ccc3c(c2)CCCC3)C1C.Cl. The van der Waals surface area contributed by atoms with Crippen LogP contribution in [0.3, 0.4) is 0 Å². The van der Waals surface area contributed by atoms with E-state index in [4.69, 9.17) is 0 Å². The number of sulfonamides is 1. The smallest absolute Gasteiger partial charge is 0.243 e. The quantitative estimate of drug-likeness (QED) is 0.896. The molecular formula is C16H25ClN2O2S. The third-order valence-electron chi connectivity index (χ3n) is 4.90. The molecule has 3 rings (SSSR count). The summed E-state index contributed by atoms with van der Waals surface area (Å²) in [6.07, 6.45) is 4.46. The summed E-state index contributed by atoms with van der Waals surface area (Å²) in [5.74, 6) is 0. The van der Waals surface area contributed by atoms with Gasteiger partial charge in [0.05, 0.1) is 4.90 Å². The van der Waals surface area contributed by atoms with Crippen molar-refractivity contribution in [1.29, 1.82) is 0 Å². The Morgan fingerprint density at radius 2 is 1.82 bits per heavy atom. The van der Waals surface area contributed by atoms with Crippen LogP contribution in [0.1, 0.15) is 37.8 Å². The molecule has 1 aliphatic heterocycles. The molecule has 2 unspecified atom stereocenters. The molecule has 2 atom stereocenters. The lowest BCUT2D eigenvalue weighted by Crippen LogP contribution is -2.57. The van der Waals surface area contributed by atoms with Gasteiger partial charge in [0.15, 0.2) is 0 Å². The van der Waals surface area contributed by atoms with Gasteiger partial charge in [-0.2, -0.15) is 4.31 Å². The zero-order valence-electron chi connectivity index (χ0n) is 13.2. The molecule has 1 aromatic rings. The lowest BCUT2D eigenvalue weighted by molar-refractivity contribution is 0.233. The van der Waals surface area contributed by atoms with E-state index >= 15 is 0 Å². The Labute approximate surface area is 139 Å². The van der Waals surface area contributed by atoms with Crippen LogP contribution < -0.4 is 5.32 Å². The molecule has 1 fully saturated rings. The minimum Gasteiger partial charge on any atom is -0.311 e. The number of piperazine rings is 1. The highest BCUT2D eigenvalue weighted by Gasteiger charge is 2.34. The zero-order valence-corrected chi connectivity index (χ0v) is 14.8. The van der Waals surface area contributed by atoms with Crippen molar-refractivity contribution in [2.45, 2.75) is 56.5 Å². The van der Waals surface area contributed by atoms with Crippen molar-refractivity contribution in [2.24, 2.45) is 0 Å². The maximum Gasteiger partial charge on any atom is 0.243 e. The fourth-order valence-corrected chi connectivity index (χ4v) is 5.12. The van der Waals surface area contributed by atoms with Crippen LogP contribution in [0.2, 0.25) is 0 Å². The summed E-state index contributed by atoms with van der Waals surface area (Å²) < 4.78 is 27.5. The minimum atomic E-state index is -3.38. The molecule has 1 saturated heterocycles. The fourth-order valence-electron chi connectivity index (χ4n) is 3.37.